The molecule has 0 saturated carbocycles. The second-order valence-electron chi connectivity index (χ2n) is 3.40. The van der Waals surface area contributed by atoms with E-state index >= 15 is 0 Å². The Morgan fingerprint density at radius 3 is 2.63 bits per heavy atom. The summed E-state index contributed by atoms with van der Waals surface area (Å²) in [6.07, 6.45) is 0. The van der Waals surface area contributed by atoms with Gasteiger partial charge in [0.2, 0.25) is 5.69 Å². The van der Waals surface area contributed by atoms with Gasteiger partial charge in [0.05, 0.1) is 7.11 Å². The van der Waals surface area contributed by atoms with Crippen molar-refractivity contribution in [1.82, 2.24) is 9.59 Å². The van der Waals surface area contributed by atoms with Gasteiger partial charge in [-0.25, -0.2) is 4.79 Å². The van der Waals surface area contributed by atoms with Crippen LogP contribution in [0, 0.1) is 0 Å². The molecule has 1 N–H and O–H groups in total. The Bertz CT molecular complexity index is 612. The number of ether oxygens (including phenoxy) is 1. The van der Waals surface area contributed by atoms with E-state index in [1.165, 1.54) is 7.11 Å². The molecule has 1 aromatic carbocycles. The van der Waals surface area contributed by atoms with Crippen molar-refractivity contribution in [2.45, 2.75) is 0 Å². The molecule has 0 aliphatic rings. The number of carbonyl (C=O) groups is 2. The fourth-order valence-corrected chi connectivity index (χ4v) is 1.96. The zero-order chi connectivity index (χ0) is 13.8. The number of nitrogens with zero attached hydrogens (tertiary/aromatic N) is 2. The lowest BCUT2D eigenvalue weighted by molar-refractivity contribution is 0.0595. The summed E-state index contributed by atoms with van der Waals surface area (Å²) in [5.74, 6) is -1.03. The van der Waals surface area contributed by atoms with E-state index in [0.717, 1.165) is 11.5 Å². The number of hydrogen-bond donors (Lipinski definition) is 1. The Kier molecular flexibility index (Phi) is 4.08. The molecule has 1 aromatic heterocycles. The van der Waals surface area contributed by atoms with Crippen LogP contribution in [0.4, 0.5) is 5.00 Å². The van der Waals surface area contributed by atoms with E-state index < -0.39 is 5.97 Å². The van der Waals surface area contributed by atoms with E-state index in [4.69, 9.17) is 11.6 Å². The molecule has 0 aliphatic carbocycles. The average molecular weight is 298 g/mol. The summed E-state index contributed by atoms with van der Waals surface area (Å²) in [6.45, 7) is 0. The van der Waals surface area contributed by atoms with Gasteiger partial charge < -0.3 is 10.1 Å². The van der Waals surface area contributed by atoms with E-state index in [0.29, 0.717) is 10.6 Å². The maximum Gasteiger partial charge on any atom is 0.361 e. The van der Waals surface area contributed by atoms with E-state index in [9.17, 15) is 9.59 Å². The lowest BCUT2D eigenvalue weighted by Gasteiger charge is -2.03. The van der Waals surface area contributed by atoms with Gasteiger partial charge in [-0.05, 0) is 24.3 Å². The molecule has 0 unspecified atom stereocenters. The maximum absolute atomic E-state index is 11.9. The third-order valence-corrected chi connectivity index (χ3v) is 3.09. The van der Waals surface area contributed by atoms with Crippen LogP contribution in [0.25, 0.3) is 0 Å². The minimum Gasteiger partial charge on any atom is -0.464 e. The number of halogens is 1. The molecular weight excluding hydrogens is 290 g/mol. The number of hydrogen-bond acceptors (Lipinski definition) is 6. The SMILES string of the molecule is COC(=O)c1nnsc1NC(=O)c1ccc(Cl)cc1. The van der Waals surface area contributed by atoms with Gasteiger partial charge in [0, 0.05) is 22.1 Å². The van der Waals surface area contributed by atoms with Gasteiger partial charge in [-0.1, -0.05) is 16.1 Å². The van der Waals surface area contributed by atoms with Crippen LogP contribution in [0.1, 0.15) is 20.8 Å². The van der Waals surface area contributed by atoms with E-state index in [1.807, 2.05) is 0 Å². The lowest BCUT2D eigenvalue weighted by Crippen LogP contribution is -2.14. The highest BCUT2D eigenvalue weighted by molar-refractivity contribution is 7.10. The number of methoxy groups -OCH3 is 1. The minimum absolute atomic E-state index is 0.0187. The Morgan fingerprint density at radius 1 is 1.32 bits per heavy atom. The molecule has 0 fully saturated rings. The van der Waals surface area contributed by atoms with E-state index in [-0.39, 0.29) is 16.6 Å². The van der Waals surface area contributed by atoms with E-state index in [2.05, 4.69) is 19.6 Å². The molecule has 0 radical (unpaired) electrons. The Hall–Kier alpha value is -1.99. The maximum atomic E-state index is 11.9. The van der Waals surface area contributed by atoms with Crippen molar-refractivity contribution in [3.8, 4) is 0 Å². The number of benzene rings is 1. The fourth-order valence-electron chi connectivity index (χ4n) is 1.28. The number of carbonyl (C=O) groups excluding carboxylic acids is 2. The van der Waals surface area contributed by atoms with Gasteiger partial charge in [0.1, 0.15) is 0 Å². The van der Waals surface area contributed by atoms with Gasteiger partial charge >= 0.3 is 5.97 Å². The number of rotatable bonds is 3. The molecule has 0 saturated heterocycles. The topological polar surface area (TPSA) is 81.2 Å². The number of nitrogens with one attached hydrogen (secondary N) is 1. The van der Waals surface area contributed by atoms with Crippen molar-refractivity contribution in [2.24, 2.45) is 0 Å². The molecule has 19 heavy (non-hydrogen) atoms. The first-order valence-corrected chi connectivity index (χ1v) is 6.24. The molecular formula is C11H8ClN3O3S. The highest BCUT2D eigenvalue weighted by Gasteiger charge is 2.19. The third kappa shape index (κ3) is 3.07. The Labute approximate surface area is 117 Å². The Morgan fingerprint density at radius 2 is 2.00 bits per heavy atom. The van der Waals surface area contributed by atoms with Crippen molar-refractivity contribution in [3.63, 3.8) is 0 Å². The first kappa shape index (κ1) is 13.4. The number of aromatic nitrogens is 2. The van der Waals surface area contributed by atoms with Crippen LogP contribution in [0.5, 0.6) is 0 Å². The predicted octanol–water partition coefficient (Wildman–Crippen LogP) is 2.23. The van der Waals surface area contributed by atoms with Crippen LogP contribution in [-0.4, -0.2) is 28.6 Å². The van der Waals surface area contributed by atoms with E-state index in [1.54, 1.807) is 24.3 Å². The molecule has 0 atom stereocenters. The standard InChI is InChI=1S/C11H8ClN3O3S/c1-18-11(17)8-10(19-15-14-8)13-9(16)6-2-4-7(12)5-3-6/h2-5H,1H3,(H,13,16). The smallest absolute Gasteiger partial charge is 0.361 e. The predicted molar refractivity (Wildman–Crippen MR) is 70.7 cm³/mol. The largest absolute Gasteiger partial charge is 0.464 e. The second-order valence-corrected chi connectivity index (χ2v) is 4.59. The highest BCUT2D eigenvalue weighted by Crippen LogP contribution is 2.19. The minimum atomic E-state index is -0.653. The third-order valence-electron chi connectivity index (χ3n) is 2.20. The van der Waals surface area contributed by atoms with Crippen LogP contribution < -0.4 is 5.32 Å². The first-order valence-electron chi connectivity index (χ1n) is 5.09. The molecule has 0 aliphatic heterocycles. The summed E-state index contributed by atoms with van der Waals surface area (Å²) in [5.41, 5.74) is 0.392. The molecule has 1 amide bonds. The number of esters is 1. The first-order chi connectivity index (χ1) is 9.11. The molecule has 1 heterocycles. The number of anilines is 1. The summed E-state index contributed by atoms with van der Waals surface area (Å²) in [7, 11) is 1.23. The fraction of sp³-hybridized carbons (Fsp3) is 0.0909. The van der Waals surface area contributed by atoms with Gasteiger partial charge in [0.15, 0.2) is 5.00 Å². The zero-order valence-electron chi connectivity index (χ0n) is 9.71. The molecule has 6 nitrogen and oxygen atoms in total. The van der Waals surface area contributed by atoms with Gasteiger partial charge in [-0.3, -0.25) is 4.79 Å². The molecule has 2 rings (SSSR count). The lowest BCUT2D eigenvalue weighted by atomic mass is 10.2. The normalized spacial score (nSPS) is 10.0. The quantitative estimate of drug-likeness (QED) is 0.879. The van der Waals surface area contributed by atoms with Crippen LogP contribution in [0.3, 0.4) is 0 Å². The van der Waals surface area contributed by atoms with Crippen molar-refractivity contribution in [3.05, 3.63) is 40.5 Å². The summed E-state index contributed by atoms with van der Waals surface area (Å²) in [5, 5.41) is 6.93. The van der Waals surface area contributed by atoms with Crippen LogP contribution in [-0.2, 0) is 4.74 Å². The van der Waals surface area contributed by atoms with Crippen LogP contribution in [0.2, 0.25) is 5.02 Å². The highest BCUT2D eigenvalue weighted by atomic mass is 35.5. The van der Waals surface area contributed by atoms with Crippen molar-refractivity contribution in [1.29, 1.82) is 0 Å². The van der Waals surface area contributed by atoms with Crippen LogP contribution in [0.15, 0.2) is 24.3 Å². The van der Waals surface area contributed by atoms with Crippen molar-refractivity contribution < 1.29 is 14.3 Å². The summed E-state index contributed by atoms with van der Waals surface area (Å²) >= 11 is 6.63. The number of amides is 1. The molecule has 0 bridgehead atoms. The summed E-state index contributed by atoms with van der Waals surface area (Å²) in [6, 6.07) is 6.35. The Balaban J connectivity index is 2.17. The summed E-state index contributed by atoms with van der Waals surface area (Å²) in [4.78, 5) is 23.3. The molecule has 2 aromatic rings. The van der Waals surface area contributed by atoms with Crippen LogP contribution >= 0.6 is 23.1 Å². The average Bonchev–Trinajstić information content (AvgIpc) is 2.86. The second kappa shape index (κ2) is 5.77. The zero-order valence-corrected chi connectivity index (χ0v) is 11.3. The van der Waals surface area contributed by atoms with Gasteiger partial charge in [-0.2, -0.15) is 0 Å². The van der Waals surface area contributed by atoms with Crippen molar-refractivity contribution in [2.75, 3.05) is 12.4 Å². The van der Waals surface area contributed by atoms with Gasteiger partial charge in [0.25, 0.3) is 5.91 Å². The molecule has 0 spiro atoms. The molecule has 8 heteroatoms. The summed E-state index contributed by atoms with van der Waals surface area (Å²) < 4.78 is 8.14. The molecule has 98 valence electrons. The van der Waals surface area contributed by atoms with Crippen molar-refractivity contribution >= 4 is 40.0 Å². The monoisotopic (exact) mass is 297 g/mol. The van der Waals surface area contributed by atoms with Gasteiger partial charge in [-0.15, -0.1) is 5.10 Å².